The highest BCUT2D eigenvalue weighted by molar-refractivity contribution is 8.00. The number of imidazole rings is 1. The van der Waals surface area contributed by atoms with Gasteiger partial charge < -0.3 is 31.5 Å². The van der Waals surface area contributed by atoms with Gasteiger partial charge in [-0.15, -0.1) is 11.8 Å². The number of nitrogens with two attached hydrogens (primary N) is 2. The molecule has 0 radical (unpaired) electrons. The number of hydrogen-bond acceptors (Lipinski definition) is 14. The topological polar surface area (TPSA) is 239 Å². The number of carbonyl (C=O) groups is 4. The Bertz CT molecular complexity index is 1630. The van der Waals surface area contributed by atoms with E-state index in [0.717, 1.165) is 16.4 Å². The highest BCUT2D eigenvalue weighted by Crippen LogP contribution is 2.40. The van der Waals surface area contributed by atoms with Crippen LogP contribution in [0.15, 0.2) is 34.8 Å². The van der Waals surface area contributed by atoms with Crippen LogP contribution in [-0.2, 0) is 30.6 Å². The summed E-state index contributed by atoms with van der Waals surface area (Å²) in [6.45, 7) is 3.46. The minimum atomic E-state index is -1.55. The molecule has 0 saturated carbocycles. The number of carbonyl (C=O) groups excluding carboxylic acids is 4. The third-order valence-corrected chi connectivity index (χ3v) is 7.84. The second-order valence-electron chi connectivity index (χ2n) is 9.08. The normalized spacial score (nSPS) is 18.8. The third kappa shape index (κ3) is 5.23. The molecule has 17 nitrogen and oxygen atoms in total. The van der Waals surface area contributed by atoms with Crippen molar-refractivity contribution in [2.24, 2.45) is 5.16 Å². The average molecular weight is 602 g/mol. The van der Waals surface area contributed by atoms with Crippen molar-refractivity contribution in [1.82, 2.24) is 29.2 Å². The molecule has 2 atom stereocenters. The molecular weight excluding hydrogens is 578 g/mol. The zero-order valence-electron chi connectivity index (χ0n) is 21.5. The van der Waals surface area contributed by atoms with Gasteiger partial charge in [0.05, 0.1) is 11.7 Å². The molecule has 0 spiro atoms. The molecule has 0 unspecified atom stereocenters. The molecule has 5 rings (SSSR count). The molecule has 0 aromatic carbocycles. The molecule has 214 valence electrons. The van der Waals surface area contributed by atoms with Crippen molar-refractivity contribution in [3.63, 3.8) is 0 Å². The van der Waals surface area contributed by atoms with Crippen molar-refractivity contribution in [1.29, 1.82) is 0 Å². The summed E-state index contributed by atoms with van der Waals surface area (Å²) in [4.78, 5) is 59.9. The molecular formula is C22H23N11O6S2. The monoisotopic (exact) mass is 601 g/mol. The molecule has 1 saturated heterocycles. The molecule has 41 heavy (non-hydrogen) atoms. The third-order valence-electron chi connectivity index (χ3n) is 5.95. The van der Waals surface area contributed by atoms with Crippen molar-refractivity contribution in [2.75, 3.05) is 22.5 Å². The van der Waals surface area contributed by atoms with Gasteiger partial charge in [-0.2, -0.15) is 9.36 Å². The number of thioether (sulfide) groups is 1. The van der Waals surface area contributed by atoms with E-state index in [1.807, 2.05) is 0 Å². The first kappa shape index (κ1) is 27.8. The quantitative estimate of drug-likeness (QED) is 0.0617. The predicted octanol–water partition coefficient (Wildman–Crippen LogP) is -2.56. The summed E-state index contributed by atoms with van der Waals surface area (Å²) in [5.74, 6) is -2.34. The number of carboxylic acids is 1. The molecule has 3 aromatic heterocycles. The van der Waals surface area contributed by atoms with Gasteiger partial charge in [-0.05, 0) is 19.9 Å². The number of nitrogen functional groups attached to an aromatic ring is 2. The maximum absolute atomic E-state index is 13.2. The number of rotatable bonds is 10. The van der Waals surface area contributed by atoms with Crippen LogP contribution in [0.5, 0.6) is 0 Å². The van der Waals surface area contributed by atoms with Gasteiger partial charge in [0, 0.05) is 28.9 Å². The number of aliphatic carboxylic acids is 1. The number of hydrogen-bond donors (Lipinski definition) is 4. The van der Waals surface area contributed by atoms with Gasteiger partial charge in [0.2, 0.25) is 17.9 Å². The van der Waals surface area contributed by atoms with Crippen molar-refractivity contribution in [3.05, 3.63) is 35.4 Å². The molecule has 0 aliphatic carbocycles. The summed E-state index contributed by atoms with van der Waals surface area (Å²) >= 11 is 2.12. The summed E-state index contributed by atoms with van der Waals surface area (Å²) in [6.07, 6.45) is 1.68. The standard InChI is InChI=1S/C22H23N11O6S2/c1-9(2)39-29-14(17-27-22(24)41-30-17)18(35)26-15-19(36)32-16(21(37)38)10(7-40-20(15)32)5-31-6-12(25-8-34)33-13(31)4-3-11(23)28-33/h3-4,6,8-9,15,20H,5,7H2,1-2H3,(H6-,23,24,25,26,27,28,30,34,35,37,38)/b29-14-/t15-,20-/m1/s1. The van der Waals surface area contributed by atoms with E-state index < -0.39 is 29.2 Å². The first-order valence-corrected chi connectivity index (χ1v) is 13.8. The van der Waals surface area contributed by atoms with Crippen molar-refractivity contribution >= 4 is 75.6 Å². The number of oxime groups is 1. The van der Waals surface area contributed by atoms with E-state index in [9.17, 15) is 24.3 Å². The molecule has 3 amide bonds. The fourth-order valence-electron chi connectivity index (χ4n) is 4.26. The highest BCUT2D eigenvalue weighted by Gasteiger charge is 2.53. The molecule has 2 aliphatic rings. The minimum Gasteiger partial charge on any atom is -0.543 e. The Morgan fingerprint density at radius 1 is 1.37 bits per heavy atom. The number of nitrogens with one attached hydrogen (secondary N) is 2. The summed E-state index contributed by atoms with van der Waals surface area (Å²) in [5, 5.41) is 24.8. The highest BCUT2D eigenvalue weighted by atomic mass is 32.2. The molecule has 6 N–H and O–H groups in total. The maximum Gasteiger partial charge on any atom is 0.309 e. The predicted molar refractivity (Wildman–Crippen MR) is 144 cm³/mol. The number of β-lactam (4-membered cyclic amide) rings is 1. The average Bonchev–Trinajstić information content (AvgIpc) is 3.49. The van der Waals surface area contributed by atoms with Crippen LogP contribution in [0.1, 0.15) is 19.7 Å². The Kier molecular flexibility index (Phi) is 7.45. The van der Waals surface area contributed by atoms with Crippen LogP contribution in [0.2, 0.25) is 0 Å². The van der Waals surface area contributed by atoms with E-state index >= 15 is 0 Å². The van der Waals surface area contributed by atoms with E-state index in [0.29, 0.717) is 23.4 Å². The molecule has 2 aliphatic heterocycles. The first-order chi connectivity index (χ1) is 19.6. The van der Waals surface area contributed by atoms with Crippen LogP contribution in [-0.4, -0.2) is 77.0 Å². The van der Waals surface area contributed by atoms with E-state index in [1.54, 1.807) is 36.7 Å². The maximum atomic E-state index is 13.2. The van der Waals surface area contributed by atoms with Crippen LogP contribution in [0.25, 0.3) is 5.65 Å². The Labute approximate surface area is 239 Å². The summed E-state index contributed by atoms with van der Waals surface area (Å²) in [5.41, 5.74) is 11.7. The fourth-order valence-corrected chi connectivity index (χ4v) is 6.03. The lowest BCUT2D eigenvalue weighted by molar-refractivity contribution is -0.662. The Hall–Kier alpha value is -4.78. The van der Waals surface area contributed by atoms with Crippen LogP contribution < -0.4 is 31.8 Å². The molecule has 5 heterocycles. The van der Waals surface area contributed by atoms with Crippen molar-refractivity contribution < 1.29 is 33.7 Å². The Balaban J connectivity index is 1.40. The number of aromatic nitrogens is 5. The molecule has 3 aromatic rings. The van der Waals surface area contributed by atoms with Gasteiger partial charge in [-0.1, -0.05) is 14.8 Å². The van der Waals surface area contributed by atoms with Crippen molar-refractivity contribution in [2.45, 2.75) is 37.9 Å². The lowest BCUT2D eigenvalue weighted by Crippen LogP contribution is -2.71. The SMILES string of the molecule is CC(C)O/N=C(\C(=O)N[C@@H]1C(=O)N2C(C(=O)[O-])=C(C[n+]3cc(NC=O)n4nc(N)ccc43)CS[C@H]12)c1nsc(N)n1. The van der Waals surface area contributed by atoms with E-state index in [2.05, 4.69) is 30.2 Å². The molecule has 1 fully saturated rings. The zero-order valence-corrected chi connectivity index (χ0v) is 23.1. The summed E-state index contributed by atoms with van der Waals surface area (Å²) in [7, 11) is 0. The van der Waals surface area contributed by atoms with E-state index in [-0.39, 0.29) is 46.6 Å². The van der Waals surface area contributed by atoms with Gasteiger partial charge in [0.15, 0.2) is 17.1 Å². The largest absolute Gasteiger partial charge is 0.543 e. The second kappa shape index (κ2) is 11.0. The van der Waals surface area contributed by atoms with Crippen LogP contribution in [0, 0.1) is 0 Å². The second-order valence-corrected chi connectivity index (χ2v) is 11.0. The summed E-state index contributed by atoms with van der Waals surface area (Å²) in [6, 6.07) is 2.16. The van der Waals surface area contributed by atoms with Crippen LogP contribution >= 0.6 is 23.3 Å². The Morgan fingerprint density at radius 3 is 2.80 bits per heavy atom. The number of carboxylic acid groups (broad SMARTS) is 1. The molecule has 19 heteroatoms. The van der Waals surface area contributed by atoms with Gasteiger partial charge in [0.1, 0.15) is 24.1 Å². The Morgan fingerprint density at radius 2 is 2.15 bits per heavy atom. The number of fused-ring (bicyclic) bond motifs is 2. The number of amides is 3. The fraction of sp³-hybridized carbons (Fsp3) is 0.318. The number of anilines is 3. The zero-order chi connectivity index (χ0) is 29.4. The van der Waals surface area contributed by atoms with Crippen molar-refractivity contribution in [3.8, 4) is 0 Å². The summed E-state index contributed by atoms with van der Waals surface area (Å²) < 4.78 is 7.05. The number of nitrogens with zero attached hydrogens (tertiary/aromatic N) is 7. The van der Waals surface area contributed by atoms with Gasteiger partial charge >= 0.3 is 5.65 Å². The molecule has 0 bridgehead atoms. The van der Waals surface area contributed by atoms with Gasteiger partial charge in [-0.25, -0.2) is 4.57 Å². The van der Waals surface area contributed by atoms with E-state index in [4.69, 9.17) is 16.3 Å². The minimum absolute atomic E-state index is 0.0414. The first-order valence-electron chi connectivity index (χ1n) is 12.0. The lowest BCUT2D eigenvalue weighted by atomic mass is 10.0. The smallest absolute Gasteiger partial charge is 0.309 e. The van der Waals surface area contributed by atoms with Crippen LogP contribution in [0.3, 0.4) is 0 Å². The lowest BCUT2D eigenvalue weighted by Gasteiger charge is -2.50. The van der Waals surface area contributed by atoms with E-state index in [1.165, 1.54) is 16.3 Å². The van der Waals surface area contributed by atoms with Gasteiger partial charge in [-0.3, -0.25) is 24.6 Å². The van der Waals surface area contributed by atoms with Crippen LogP contribution in [0.4, 0.5) is 16.8 Å². The van der Waals surface area contributed by atoms with Gasteiger partial charge in [0.25, 0.3) is 17.6 Å².